The Balaban J connectivity index is 1.71. The summed E-state index contributed by atoms with van der Waals surface area (Å²) in [6.45, 7) is 0.401. The molecular weight excluding hydrogens is 262 g/mol. The Bertz CT molecular complexity index is 637. The highest BCUT2D eigenvalue weighted by Gasteiger charge is 2.19. The van der Waals surface area contributed by atoms with Gasteiger partial charge in [-0.1, -0.05) is 36.4 Å². The largest absolute Gasteiger partial charge is 0.481 e. The average molecular weight is 281 g/mol. The van der Waals surface area contributed by atoms with Crippen molar-refractivity contribution in [1.29, 1.82) is 0 Å². The van der Waals surface area contributed by atoms with Crippen LogP contribution in [-0.2, 0) is 17.6 Å². The fraction of sp³-hybridized carbons (Fsp3) is 0.278. The Morgan fingerprint density at radius 1 is 1.10 bits per heavy atom. The van der Waals surface area contributed by atoms with E-state index in [0.29, 0.717) is 6.54 Å². The van der Waals surface area contributed by atoms with Gasteiger partial charge >= 0.3 is 5.97 Å². The maximum absolute atomic E-state index is 11.5. The number of benzene rings is 2. The molecule has 2 aromatic carbocycles. The maximum atomic E-state index is 11.5. The summed E-state index contributed by atoms with van der Waals surface area (Å²) >= 11 is 0. The Morgan fingerprint density at radius 3 is 2.62 bits per heavy atom. The molecule has 0 bridgehead atoms. The molecule has 108 valence electrons. The molecule has 0 heterocycles. The van der Waals surface area contributed by atoms with Crippen LogP contribution in [0, 0.1) is 0 Å². The number of nitrogens with one attached hydrogen (secondary N) is 1. The summed E-state index contributed by atoms with van der Waals surface area (Å²) < 4.78 is 0. The molecule has 0 spiro atoms. The molecule has 3 nitrogen and oxygen atoms in total. The third-order valence-corrected chi connectivity index (χ3v) is 4.11. The number of rotatable bonds is 5. The molecular formula is C18H19NO2. The summed E-state index contributed by atoms with van der Waals surface area (Å²) in [5, 5.41) is 12.7. The first kappa shape index (κ1) is 13.7. The van der Waals surface area contributed by atoms with Gasteiger partial charge in [-0.25, -0.2) is 0 Å². The standard InChI is InChI=1S/C18H19NO2/c20-18(21)17(14-5-2-1-3-6-14)12-19-16-10-9-13-7-4-8-15(13)11-16/h1-3,5-6,9-11,17,19H,4,7-8,12H2,(H,20,21). The van der Waals surface area contributed by atoms with Crippen molar-refractivity contribution in [1.82, 2.24) is 0 Å². The highest BCUT2D eigenvalue weighted by molar-refractivity contribution is 5.77. The lowest BCUT2D eigenvalue weighted by Gasteiger charge is -2.15. The smallest absolute Gasteiger partial charge is 0.312 e. The summed E-state index contributed by atoms with van der Waals surface area (Å²) in [6.07, 6.45) is 3.52. The van der Waals surface area contributed by atoms with Gasteiger partial charge in [0.15, 0.2) is 0 Å². The highest BCUT2D eigenvalue weighted by atomic mass is 16.4. The minimum absolute atomic E-state index is 0.401. The first-order valence-corrected chi connectivity index (χ1v) is 7.37. The number of anilines is 1. The van der Waals surface area contributed by atoms with Crippen molar-refractivity contribution in [2.24, 2.45) is 0 Å². The van der Waals surface area contributed by atoms with Crippen molar-refractivity contribution in [3.05, 3.63) is 65.2 Å². The van der Waals surface area contributed by atoms with Crippen LogP contribution in [0.3, 0.4) is 0 Å². The van der Waals surface area contributed by atoms with E-state index in [1.807, 2.05) is 36.4 Å². The van der Waals surface area contributed by atoms with Gasteiger partial charge in [-0.05, 0) is 48.1 Å². The topological polar surface area (TPSA) is 49.3 Å². The van der Waals surface area contributed by atoms with E-state index in [4.69, 9.17) is 0 Å². The maximum Gasteiger partial charge on any atom is 0.312 e. The lowest BCUT2D eigenvalue weighted by Crippen LogP contribution is -2.20. The monoisotopic (exact) mass is 281 g/mol. The third kappa shape index (κ3) is 3.07. The van der Waals surface area contributed by atoms with E-state index >= 15 is 0 Å². The van der Waals surface area contributed by atoms with Gasteiger partial charge in [0, 0.05) is 12.2 Å². The zero-order chi connectivity index (χ0) is 14.7. The molecule has 0 radical (unpaired) electrons. The number of carboxylic acids is 1. The summed E-state index contributed by atoms with van der Waals surface area (Å²) in [4.78, 5) is 11.5. The van der Waals surface area contributed by atoms with Gasteiger partial charge in [-0.15, -0.1) is 0 Å². The van der Waals surface area contributed by atoms with Crippen LogP contribution in [0.1, 0.15) is 29.0 Å². The molecule has 0 amide bonds. The number of carboxylic acid groups (broad SMARTS) is 1. The first-order valence-electron chi connectivity index (χ1n) is 7.37. The number of carbonyl (C=O) groups is 1. The molecule has 1 aliphatic carbocycles. The normalized spacial score (nSPS) is 14.5. The van der Waals surface area contributed by atoms with Crippen molar-refractivity contribution in [3.8, 4) is 0 Å². The Labute approximate surface area is 124 Å². The molecule has 0 saturated carbocycles. The van der Waals surface area contributed by atoms with E-state index in [1.165, 1.54) is 17.5 Å². The van der Waals surface area contributed by atoms with Gasteiger partial charge < -0.3 is 10.4 Å². The van der Waals surface area contributed by atoms with Crippen LogP contribution in [0.25, 0.3) is 0 Å². The minimum atomic E-state index is -0.796. The Kier molecular flexibility index (Phi) is 3.91. The van der Waals surface area contributed by atoms with Gasteiger partial charge in [-0.2, -0.15) is 0 Å². The zero-order valence-electron chi connectivity index (χ0n) is 11.9. The van der Waals surface area contributed by atoms with Crippen LogP contribution in [0.5, 0.6) is 0 Å². The zero-order valence-corrected chi connectivity index (χ0v) is 11.9. The van der Waals surface area contributed by atoms with Crippen LogP contribution in [-0.4, -0.2) is 17.6 Å². The van der Waals surface area contributed by atoms with Crippen molar-refractivity contribution >= 4 is 11.7 Å². The molecule has 3 heteroatoms. The number of hydrogen-bond donors (Lipinski definition) is 2. The van der Waals surface area contributed by atoms with Crippen LogP contribution in [0.2, 0.25) is 0 Å². The Hall–Kier alpha value is -2.29. The van der Waals surface area contributed by atoms with Crippen molar-refractivity contribution in [2.75, 3.05) is 11.9 Å². The van der Waals surface area contributed by atoms with Gasteiger partial charge in [0.25, 0.3) is 0 Å². The molecule has 1 atom stereocenters. The minimum Gasteiger partial charge on any atom is -0.481 e. The fourth-order valence-corrected chi connectivity index (χ4v) is 2.93. The number of aryl methyl sites for hydroxylation is 2. The SMILES string of the molecule is O=C(O)C(CNc1ccc2c(c1)CCC2)c1ccccc1. The van der Waals surface area contributed by atoms with Crippen molar-refractivity contribution in [2.45, 2.75) is 25.2 Å². The van der Waals surface area contributed by atoms with Crippen LogP contribution in [0.4, 0.5) is 5.69 Å². The fourth-order valence-electron chi connectivity index (χ4n) is 2.93. The van der Waals surface area contributed by atoms with Gasteiger partial charge in [0.2, 0.25) is 0 Å². The molecule has 0 aliphatic heterocycles. The van der Waals surface area contributed by atoms with E-state index in [0.717, 1.165) is 24.1 Å². The molecule has 1 aliphatic rings. The van der Waals surface area contributed by atoms with E-state index in [-0.39, 0.29) is 0 Å². The van der Waals surface area contributed by atoms with E-state index in [1.54, 1.807) is 0 Å². The molecule has 3 rings (SSSR count). The second-order valence-corrected chi connectivity index (χ2v) is 5.52. The van der Waals surface area contributed by atoms with Crippen LogP contribution < -0.4 is 5.32 Å². The molecule has 0 saturated heterocycles. The average Bonchev–Trinajstić information content (AvgIpc) is 2.96. The number of hydrogen-bond acceptors (Lipinski definition) is 2. The third-order valence-electron chi connectivity index (χ3n) is 4.11. The Morgan fingerprint density at radius 2 is 1.86 bits per heavy atom. The molecule has 2 N–H and O–H groups in total. The first-order chi connectivity index (χ1) is 10.2. The van der Waals surface area contributed by atoms with Gasteiger partial charge in [-0.3, -0.25) is 4.79 Å². The summed E-state index contributed by atoms with van der Waals surface area (Å²) in [5.41, 5.74) is 4.67. The van der Waals surface area contributed by atoms with E-state index in [9.17, 15) is 9.90 Å². The second kappa shape index (κ2) is 6.00. The molecule has 0 aromatic heterocycles. The van der Waals surface area contributed by atoms with E-state index < -0.39 is 11.9 Å². The quantitative estimate of drug-likeness (QED) is 0.882. The van der Waals surface area contributed by atoms with Crippen LogP contribution in [0.15, 0.2) is 48.5 Å². The van der Waals surface area contributed by atoms with Crippen LogP contribution >= 0.6 is 0 Å². The van der Waals surface area contributed by atoms with Gasteiger partial charge in [0.05, 0.1) is 5.92 Å². The lowest BCUT2D eigenvalue weighted by molar-refractivity contribution is -0.138. The number of fused-ring (bicyclic) bond motifs is 1. The predicted molar refractivity (Wildman–Crippen MR) is 83.8 cm³/mol. The van der Waals surface area contributed by atoms with Crippen molar-refractivity contribution in [3.63, 3.8) is 0 Å². The van der Waals surface area contributed by atoms with Gasteiger partial charge in [0.1, 0.15) is 0 Å². The molecule has 1 unspecified atom stereocenters. The van der Waals surface area contributed by atoms with Crippen molar-refractivity contribution < 1.29 is 9.90 Å². The second-order valence-electron chi connectivity index (χ2n) is 5.52. The molecule has 2 aromatic rings. The predicted octanol–water partition coefficient (Wildman–Crippen LogP) is 3.46. The summed E-state index contributed by atoms with van der Waals surface area (Å²) in [5.74, 6) is -1.32. The summed E-state index contributed by atoms with van der Waals surface area (Å²) in [7, 11) is 0. The number of aliphatic carboxylic acids is 1. The molecule has 21 heavy (non-hydrogen) atoms. The van der Waals surface area contributed by atoms with E-state index in [2.05, 4.69) is 17.4 Å². The summed E-state index contributed by atoms with van der Waals surface area (Å²) in [6, 6.07) is 15.7. The molecule has 0 fully saturated rings. The highest BCUT2D eigenvalue weighted by Crippen LogP contribution is 2.25. The lowest BCUT2D eigenvalue weighted by atomic mass is 9.99.